The molecule has 0 fully saturated rings. The Bertz CT molecular complexity index is 1700. The third kappa shape index (κ3) is 6.25. The second kappa shape index (κ2) is 11.9. The fourth-order valence-electron chi connectivity index (χ4n) is 4.03. The summed E-state index contributed by atoms with van der Waals surface area (Å²) >= 11 is 18.0. The number of Topliss-reactive ketones (excluding diaryl/α,β-unsaturated/α-hetero) is 1. The largest absolute Gasteiger partial charge is 0.495 e. The van der Waals surface area contributed by atoms with Crippen molar-refractivity contribution < 1.29 is 19.1 Å². The van der Waals surface area contributed by atoms with Crippen LogP contribution in [0.5, 0.6) is 11.5 Å². The number of amides is 1. The number of pyridine rings is 1. The average Bonchev–Trinajstić information content (AvgIpc) is 2.88. The first kappa shape index (κ1) is 28.2. The highest BCUT2D eigenvalue weighted by molar-refractivity contribution is 6.33. The van der Waals surface area contributed by atoms with Crippen molar-refractivity contribution in [3.05, 3.63) is 90.3 Å². The van der Waals surface area contributed by atoms with Crippen molar-refractivity contribution in [1.29, 1.82) is 0 Å². The fourth-order valence-corrected chi connectivity index (χ4v) is 4.78. The Morgan fingerprint density at radius 3 is 2.23 bits per heavy atom. The molecule has 0 spiro atoms. The molecule has 4 rings (SSSR count). The monoisotopic (exact) mass is 590 g/mol. The maximum Gasteiger partial charge on any atom is 0.332 e. The molecule has 39 heavy (non-hydrogen) atoms. The van der Waals surface area contributed by atoms with Gasteiger partial charge in [-0.2, -0.15) is 0 Å². The Morgan fingerprint density at radius 2 is 1.56 bits per heavy atom. The van der Waals surface area contributed by atoms with E-state index in [2.05, 4.69) is 10.3 Å². The zero-order chi connectivity index (χ0) is 28.3. The molecule has 2 aromatic carbocycles. The highest BCUT2D eigenvalue weighted by atomic mass is 35.5. The zero-order valence-corrected chi connectivity index (χ0v) is 22.9. The summed E-state index contributed by atoms with van der Waals surface area (Å²) in [5.74, 6) is -0.411. The van der Waals surface area contributed by atoms with Crippen LogP contribution in [0, 0.1) is 0 Å². The Balaban J connectivity index is 1.67. The van der Waals surface area contributed by atoms with Crippen molar-refractivity contribution in [3.63, 3.8) is 0 Å². The predicted molar refractivity (Wildman–Crippen MR) is 149 cm³/mol. The number of hydrogen-bond acceptors (Lipinski definition) is 7. The van der Waals surface area contributed by atoms with Crippen LogP contribution in [0.3, 0.4) is 0 Å². The molecule has 0 bridgehead atoms. The van der Waals surface area contributed by atoms with E-state index in [0.29, 0.717) is 11.3 Å². The van der Waals surface area contributed by atoms with Crippen molar-refractivity contribution in [2.75, 3.05) is 19.5 Å². The summed E-state index contributed by atoms with van der Waals surface area (Å²) in [7, 11) is 2.86. The van der Waals surface area contributed by atoms with E-state index in [4.69, 9.17) is 44.3 Å². The minimum atomic E-state index is -0.826. The van der Waals surface area contributed by atoms with E-state index in [1.807, 2.05) is 0 Å². The van der Waals surface area contributed by atoms with Crippen LogP contribution in [0.1, 0.15) is 5.56 Å². The number of carbonyl (C=O) groups excluding carboxylic acids is 2. The Kier molecular flexibility index (Phi) is 8.59. The summed E-state index contributed by atoms with van der Waals surface area (Å²) in [4.78, 5) is 56.3. The lowest BCUT2D eigenvalue weighted by Gasteiger charge is -2.16. The number of anilines is 1. The first-order valence-corrected chi connectivity index (χ1v) is 12.5. The summed E-state index contributed by atoms with van der Waals surface area (Å²) in [6, 6.07) is 12.2. The molecule has 0 unspecified atom stereocenters. The average molecular weight is 592 g/mol. The van der Waals surface area contributed by atoms with E-state index < -0.39 is 36.0 Å². The second-order valence-electron chi connectivity index (χ2n) is 8.35. The van der Waals surface area contributed by atoms with Crippen LogP contribution in [-0.4, -0.2) is 40.0 Å². The summed E-state index contributed by atoms with van der Waals surface area (Å²) in [6.07, 6.45) is -0.140. The van der Waals surface area contributed by atoms with E-state index >= 15 is 0 Å². The molecule has 0 radical (unpaired) electrons. The van der Waals surface area contributed by atoms with Gasteiger partial charge in [-0.1, -0.05) is 46.9 Å². The topological polar surface area (TPSA) is 122 Å². The number of para-hydroxylation sites is 1. The lowest BCUT2D eigenvalue weighted by atomic mass is 10.1. The smallest absolute Gasteiger partial charge is 0.332 e. The van der Waals surface area contributed by atoms with Crippen molar-refractivity contribution in [3.8, 4) is 11.5 Å². The van der Waals surface area contributed by atoms with E-state index in [0.717, 1.165) is 9.13 Å². The van der Waals surface area contributed by atoms with Crippen LogP contribution >= 0.6 is 34.8 Å². The maximum absolute atomic E-state index is 13.4. The van der Waals surface area contributed by atoms with Gasteiger partial charge in [0.2, 0.25) is 5.91 Å². The fraction of sp³-hybridized carbons (Fsp3) is 0.192. The number of hydrogen-bond donors (Lipinski definition) is 1. The van der Waals surface area contributed by atoms with Gasteiger partial charge in [-0.25, -0.2) is 9.78 Å². The number of methoxy groups -OCH3 is 2. The molecule has 1 N–H and O–H groups in total. The normalized spacial score (nSPS) is 10.9. The standard InChI is InChI=1S/C26H21Cl3N4O6/c1-38-20-11-21(39-2)18(10-17(20)27)30-24(35)13-32-19-6-4-3-5-16(19)25(36)33(26(32)37)12-15(34)7-14-8-22(28)31-23(29)9-14/h3-6,8-11H,7,12-13H2,1-2H3,(H,30,35). The number of nitrogens with zero attached hydrogens (tertiary/aromatic N) is 3. The SMILES string of the molecule is COc1cc(OC)c(NC(=O)Cn2c(=O)n(CC(=O)Cc3cc(Cl)nc(Cl)c3)c(=O)c3ccccc32)cc1Cl. The minimum absolute atomic E-state index is 0.108. The number of benzene rings is 2. The number of carbonyl (C=O) groups is 2. The van der Waals surface area contributed by atoms with Crippen molar-refractivity contribution >= 4 is 63.1 Å². The third-order valence-corrected chi connectivity index (χ3v) is 6.42. The second-order valence-corrected chi connectivity index (χ2v) is 9.53. The van der Waals surface area contributed by atoms with Crippen LogP contribution in [0.25, 0.3) is 10.9 Å². The molecule has 13 heteroatoms. The van der Waals surface area contributed by atoms with Gasteiger partial charge in [0, 0.05) is 12.5 Å². The van der Waals surface area contributed by atoms with Gasteiger partial charge in [0.05, 0.1) is 42.4 Å². The van der Waals surface area contributed by atoms with Gasteiger partial charge in [0.25, 0.3) is 5.56 Å². The van der Waals surface area contributed by atoms with Gasteiger partial charge in [0.1, 0.15) is 28.3 Å². The van der Waals surface area contributed by atoms with Gasteiger partial charge >= 0.3 is 5.69 Å². The predicted octanol–water partition coefficient (Wildman–Crippen LogP) is 3.99. The Morgan fingerprint density at radius 1 is 0.897 bits per heavy atom. The number of halogens is 3. The first-order chi connectivity index (χ1) is 18.6. The molecule has 0 aliphatic rings. The van der Waals surface area contributed by atoms with Gasteiger partial charge in [-0.3, -0.25) is 23.5 Å². The number of aromatic nitrogens is 3. The molecule has 2 aromatic heterocycles. The van der Waals surface area contributed by atoms with E-state index in [1.54, 1.807) is 18.2 Å². The van der Waals surface area contributed by atoms with Gasteiger partial charge < -0.3 is 14.8 Å². The van der Waals surface area contributed by atoms with Crippen molar-refractivity contribution in [2.24, 2.45) is 0 Å². The van der Waals surface area contributed by atoms with Crippen molar-refractivity contribution in [1.82, 2.24) is 14.1 Å². The van der Waals surface area contributed by atoms with Crippen LogP contribution in [0.4, 0.5) is 5.69 Å². The molecule has 202 valence electrons. The number of nitrogens with one attached hydrogen (secondary N) is 1. The number of ether oxygens (including phenoxy) is 2. The summed E-state index contributed by atoms with van der Waals surface area (Å²) < 4.78 is 12.4. The molecular weight excluding hydrogens is 571 g/mol. The minimum Gasteiger partial charge on any atom is -0.495 e. The molecule has 0 aliphatic heterocycles. The molecule has 4 aromatic rings. The summed E-state index contributed by atoms with van der Waals surface area (Å²) in [6.45, 7) is -0.986. The molecule has 0 atom stereocenters. The lowest BCUT2D eigenvalue weighted by Crippen LogP contribution is -2.43. The Labute approximate surface area is 236 Å². The van der Waals surface area contributed by atoms with E-state index in [9.17, 15) is 19.2 Å². The Hall–Kier alpha value is -3.86. The number of fused-ring (bicyclic) bond motifs is 1. The van der Waals surface area contributed by atoms with Crippen LogP contribution in [0.2, 0.25) is 15.3 Å². The lowest BCUT2D eigenvalue weighted by molar-refractivity contribution is -0.119. The van der Waals surface area contributed by atoms with E-state index in [-0.39, 0.29) is 44.1 Å². The molecule has 2 heterocycles. The van der Waals surface area contributed by atoms with Crippen LogP contribution < -0.4 is 26.0 Å². The quantitative estimate of drug-likeness (QED) is 0.292. The van der Waals surface area contributed by atoms with Crippen LogP contribution in [0.15, 0.2) is 58.1 Å². The molecule has 1 amide bonds. The van der Waals surface area contributed by atoms with Crippen molar-refractivity contribution in [2.45, 2.75) is 19.5 Å². The summed E-state index contributed by atoms with van der Waals surface area (Å²) in [5.41, 5.74) is -0.518. The molecule has 0 saturated heterocycles. The first-order valence-electron chi connectivity index (χ1n) is 11.4. The zero-order valence-electron chi connectivity index (χ0n) is 20.7. The van der Waals surface area contributed by atoms with Gasteiger partial charge in [0.15, 0.2) is 5.78 Å². The van der Waals surface area contributed by atoms with Gasteiger partial charge in [-0.05, 0) is 35.9 Å². The maximum atomic E-state index is 13.4. The third-order valence-electron chi connectivity index (χ3n) is 5.74. The number of rotatable bonds is 9. The molecule has 0 saturated carbocycles. The molecular formula is C26H21Cl3N4O6. The molecule has 0 aliphatic carbocycles. The highest BCUT2D eigenvalue weighted by Gasteiger charge is 2.19. The van der Waals surface area contributed by atoms with E-state index in [1.165, 1.54) is 44.6 Å². The van der Waals surface area contributed by atoms with Gasteiger partial charge in [-0.15, -0.1) is 0 Å². The van der Waals surface area contributed by atoms with Crippen LogP contribution in [-0.2, 0) is 29.1 Å². The molecule has 10 nitrogen and oxygen atoms in total. The summed E-state index contributed by atoms with van der Waals surface area (Å²) in [5, 5.41) is 3.28. The highest BCUT2D eigenvalue weighted by Crippen LogP contribution is 2.35. The number of ketones is 1.